The van der Waals surface area contributed by atoms with E-state index in [1.54, 1.807) is 0 Å². The lowest BCUT2D eigenvalue weighted by molar-refractivity contribution is -0.123. The zero-order valence-electron chi connectivity index (χ0n) is 25.7. The highest BCUT2D eigenvalue weighted by atomic mass is 16.3. The largest absolute Gasteiger partial charge is 0.394 e. The van der Waals surface area contributed by atoms with Crippen LogP contribution in [0.4, 0.5) is 0 Å². The van der Waals surface area contributed by atoms with Gasteiger partial charge in [-0.15, -0.1) is 0 Å². The number of hydrogen-bond donors (Lipinski definition) is 3. The predicted octanol–water partition coefficient (Wildman–Crippen LogP) is 9.56. The molecule has 3 N–H and O–H groups in total. The van der Waals surface area contributed by atoms with Gasteiger partial charge in [-0.3, -0.25) is 4.79 Å². The molecule has 0 heterocycles. The first kappa shape index (κ1) is 37.1. The van der Waals surface area contributed by atoms with Gasteiger partial charge in [0.1, 0.15) is 0 Å². The maximum atomic E-state index is 12.3. The van der Waals surface area contributed by atoms with Gasteiger partial charge in [0.2, 0.25) is 5.91 Å². The molecule has 0 aromatic heterocycles. The topological polar surface area (TPSA) is 69.6 Å². The number of allylic oxidation sites excluding steroid dienone is 2. The molecule has 226 valence electrons. The summed E-state index contributed by atoms with van der Waals surface area (Å²) in [5, 5.41) is 22.9. The number of nitrogens with one attached hydrogen (secondary N) is 1. The summed E-state index contributed by atoms with van der Waals surface area (Å²) in [4.78, 5) is 12.3. The van der Waals surface area contributed by atoms with Crippen LogP contribution < -0.4 is 5.32 Å². The molecule has 0 bridgehead atoms. The second kappa shape index (κ2) is 30.7. The summed E-state index contributed by atoms with van der Waals surface area (Å²) in [6.45, 7) is 4.32. The normalized spacial score (nSPS) is 13.3. The lowest BCUT2D eigenvalue weighted by atomic mass is 10.0. The molecule has 4 heteroatoms. The Morgan fingerprint density at radius 2 is 1.00 bits per heavy atom. The predicted molar refractivity (Wildman–Crippen MR) is 166 cm³/mol. The number of amides is 1. The van der Waals surface area contributed by atoms with Gasteiger partial charge in [-0.05, 0) is 38.5 Å². The first-order valence-corrected chi connectivity index (χ1v) is 16.9. The smallest absolute Gasteiger partial charge is 0.220 e. The standard InChI is InChI=1S/C34H67NO3/c1-3-5-7-9-11-13-15-16-17-18-19-20-22-24-26-28-30-34(38)35-32(31-36)33(37)29-27-25-23-21-14-12-10-8-6-4-2/h17-18,32-33,36-37H,3-16,19-31H2,1-2H3,(H,35,38)/b18-17-. The Balaban J connectivity index is 3.58. The van der Waals surface area contributed by atoms with Gasteiger partial charge in [-0.25, -0.2) is 0 Å². The Morgan fingerprint density at radius 3 is 1.45 bits per heavy atom. The summed E-state index contributed by atoms with van der Waals surface area (Å²) in [6, 6.07) is -0.533. The third-order valence-corrected chi connectivity index (χ3v) is 7.78. The molecule has 0 radical (unpaired) electrons. The van der Waals surface area contributed by atoms with Gasteiger partial charge in [0.25, 0.3) is 0 Å². The highest BCUT2D eigenvalue weighted by Gasteiger charge is 2.19. The van der Waals surface area contributed by atoms with E-state index >= 15 is 0 Å². The van der Waals surface area contributed by atoms with Crippen LogP contribution in [0.5, 0.6) is 0 Å². The molecule has 38 heavy (non-hydrogen) atoms. The molecule has 0 spiro atoms. The van der Waals surface area contributed by atoms with Gasteiger partial charge in [-0.1, -0.05) is 148 Å². The first-order chi connectivity index (χ1) is 18.7. The maximum Gasteiger partial charge on any atom is 0.220 e. The highest BCUT2D eigenvalue weighted by molar-refractivity contribution is 5.76. The molecule has 1 amide bonds. The van der Waals surface area contributed by atoms with Crippen LogP contribution in [0.25, 0.3) is 0 Å². The van der Waals surface area contributed by atoms with Crippen molar-refractivity contribution in [2.45, 2.75) is 193 Å². The molecule has 0 saturated heterocycles. The minimum atomic E-state index is -0.656. The van der Waals surface area contributed by atoms with E-state index in [1.807, 2.05) is 0 Å². The van der Waals surface area contributed by atoms with Gasteiger partial charge in [-0.2, -0.15) is 0 Å². The number of aliphatic hydroxyl groups excluding tert-OH is 2. The van der Waals surface area contributed by atoms with Crippen molar-refractivity contribution in [1.29, 1.82) is 0 Å². The van der Waals surface area contributed by atoms with E-state index in [9.17, 15) is 15.0 Å². The maximum absolute atomic E-state index is 12.3. The van der Waals surface area contributed by atoms with Crippen LogP contribution in [0.15, 0.2) is 12.2 Å². The molecular weight excluding hydrogens is 470 g/mol. The molecule has 0 aromatic carbocycles. The number of aliphatic hydroxyl groups is 2. The molecule has 0 saturated carbocycles. The summed E-state index contributed by atoms with van der Waals surface area (Å²) >= 11 is 0. The Kier molecular flexibility index (Phi) is 30.0. The SMILES string of the molecule is CCCCCCCCC/C=C\CCCCCCCC(=O)NC(CO)C(O)CCCCCCCCCCCC. The highest BCUT2D eigenvalue weighted by Crippen LogP contribution is 2.14. The Morgan fingerprint density at radius 1 is 0.605 bits per heavy atom. The van der Waals surface area contributed by atoms with Crippen molar-refractivity contribution in [3.63, 3.8) is 0 Å². The zero-order chi connectivity index (χ0) is 27.9. The van der Waals surface area contributed by atoms with Crippen molar-refractivity contribution in [2.75, 3.05) is 6.61 Å². The van der Waals surface area contributed by atoms with Crippen LogP contribution in [0.1, 0.15) is 181 Å². The van der Waals surface area contributed by atoms with E-state index in [0.717, 1.165) is 25.7 Å². The number of carbonyl (C=O) groups excluding carboxylic acids is 1. The fourth-order valence-electron chi connectivity index (χ4n) is 5.12. The quantitative estimate of drug-likeness (QED) is 0.0631. The van der Waals surface area contributed by atoms with E-state index in [0.29, 0.717) is 12.8 Å². The molecular formula is C34H67NO3. The van der Waals surface area contributed by atoms with Gasteiger partial charge in [0, 0.05) is 6.42 Å². The van der Waals surface area contributed by atoms with Crippen molar-refractivity contribution in [3.8, 4) is 0 Å². The van der Waals surface area contributed by atoms with E-state index in [2.05, 4.69) is 31.3 Å². The molecule has 4 nitrogen and oxygen atoms in total. The average Bonchev–Trinajstić information content (AvgIpc) is 2.92. The fourth-order valence-corrected chi connectivity index (χ4v) is 5.12. The van der Waals surface area contributed by atoms with Gasteiger partial charge >= 0.3 is 0 Å². The lowest BCUT2D eigenvalue weighted by Crippen LogP contribution is -2.45. The second-order valence-electron chi connectivity index (χ2n) is 11.6. The number of unbranched alkanes of at least 4 members (excludes halogenated alkanes) is 21. The summed E-state index contributed by atoms with van der Waals surface area (Å²) in [7, 11) is 0. The van der Waals surface area contributed by atoms with Crippen LogP contribution in [0.3, 0.4) is 0 Å². The molecule has 2 atom stereocenters. The molecule has 0 aliphatic rings. The molecule has 0 aliphatic carbocycles. The molecule has 0 rings (SSSR count). The van der Waals surface area contributed by atoms with Crippen molar-refractivity contribution >= 4 is 5.91 Å². The minimum absolute atomic E-state index is 0.0422. The van der Waals surface area contributed by atoms with Crippen molar-refractivity contribution in [1.82, 2.24) is 5.32 Å². The van der Waals surface area contributed by atoms with Crippen LogP contribution in [-0.4, -0.2) is 34.9 Å². The van der Waals surface area contributed by atoms with E-state index in [1.165, 1.54) is 128 Å². The molecule has 0 aromatic rings. The van der Waals surface area contributed by atoms with Crippen LogP contribution in [0.2, 0.25) is 0 Å². The molecule has 2 unspecified atom stereocenters. The van der Waals surface area contributed by atoms with Crippen LogP contribution in [-0.2, 0) is 4.79 Å². The fraction of sp³-hybridized carbons (Fsp3) is 0.912. The van der Waals surface area contributed by atoms with Crippen molar-refractivity contribution in [2.24, 2.45) is 0 Å². The monoisotopic (exact) mass is 538 g/mol. The van der Waals surface area contributed by atoms with Crippen molar-refractivity contribution < 1.29 is 15.0 Å². The third-order valence-electron chi connectivity index (χ3n) is 7.78. The minimum Gasteiger partial charge on any atom is -0.394 e. The number of rotatable bonds is 30. The Bertz CT molecular complexity index is 508. The van der Waals surface area contributed by atoms with Crippen LogP contribution >= 0.6 is 0 Å². The summed E-state index contributed by atoms with van der Waals surface area (Å²) in [5.41, 5.74) is 0. The Labute approximate surface area is 237 Å². The van der Waals surface area contributed by atoms with Gasteiger partial charge in [0.15, 0.2) is 0 Å². The number of hydrogen-bond acceptors (Lipinski definition) is 3. The second-order valence-corrected chi connectivity index (χ2v) is 11.6. The lowest BCUT2D eigenvalue weighted by Gasteiger charge is -2.22. The summed E-state index contributed by atoms with van der Waals surface area (Å²) in [6.07, 6.45) is 35.4. The first-order valence-electron chi connectivity index (χ1n) is 16.9. The third kappa shape index (κ3) is 26.7. The van der Waals surface area contributed by atoms with E-state index in [4.69, 9.17) is 0 Å². The van der Waals surface area contributed by atoms with E-state index in [-0.39, 0.29) is 12.5 Å². The van der Waals surface area contributed by atoms with E-state index < -0.39 is 12.1 Å². The zero-order valence-corrected chi connectivity index (χ0v) is 25.7. The summed E-state index contributed by atoms with van der Waals surface area (Å²) < 4.78 is 0. The van der Waals surface area contributed by atoms with Gasteiger partial charge < -0.3 is 15.5 Å². The molecule has 0 fully saturated rings. The summed E-state index contributed by atoms with van der Waals surface area (Å²) in [5.74, 6) is -0.0422. The number of carbonyl (C=O) groups is 1. The average molecular weight is 538 g/mol. The van der Waals surface area contributed by atoms with Crippen LogP contribution in [0, 0.1) is 0 Å². The van der Waals surface area contributed by atoms with Crippen molar-refractivity contribution in [3.05, 3.63) is 12.2 Å². The Hall–Kier alpha value is -0.870. The van der Waals surface area contributed by atoms with Gasteiger partial charge in [0.05, 0.1) is 18.8 Å². The molecule has 0 aliphatic heterocycles.